The molecule has 2 N–H and O–H groups in total. The Morgan fingerprint density at radius 2 is 1.79 bits per heavy atom. The van der Waals surface area contributed by atoms with Crippen molar-refractivity contribution in [3.63, 3.8) is 0 Å². The Bertz CT molecular complexity index is 843. The first-order chi connectivity index (χ1) is 11.6. The summed E-state index contributed by atoms with van der Waals surface area (Å²) in [6.45, 7) is 7.04. The van der Waals surface area contributed by atoms with E-state index in [9.17, 15) is 0 Å². The molecule has 24 heavy (non-hydrogen) atoms. The lowest BCUT2D eigenvalue weighted by molar-refractivity contribution is 1.08. The molecule has 0 aliphatic heterocycles. The summed E-state index contributed by atoms with van der Waals surface area (Å²) in [6.07, 6.45) is 1.76. The zero-order valence-electron chi connectivity index (χ0n) is 14.3. The summed E-state index contributed by atoms with van der Waals surface area (Å²) >= 11 is 0. The quantitative estimate of drug-likeness (QED) is 0.712. The molecule has 0 atom stereocenters. The van der Waals surface area contributed by atoms with E-state index in [-0.39, 0.29) is 0 Å². The van der Waals surface area contributed by atoms with Crippen molar-refractivity contribution in [3.8, 4) is 0 Å². The van der Waals surface area contributed by atoms with E-state index in [4.69, 9.17) is 0 Å². The van der Waals surface area contributed by atoms with Crippen LogP contribution in [0.3, 0.4) is 0 Å². The van der Waals surface area contributed by atoms with E-state index in [1.165, 1.54) is 22.3 Å². The Morgan fingerprint density at radius 1 is 0.917 bits per heavy atom. The van der Waals surface area contributed by atoms with Gasteiger partial charge >= 0.3 is 0 Å². The summed E-state index contributed by atoms with van der Waals surface area (Å²) in [5, 5.41) is 6.60. The fourth-order valence-corrected chi connectivity index (χ4v) is 2.48. The van der Waals surface area contributed by atoms with Crippen molar-refractivity contribution in [3.05, 3.63) is 77.0 Å². The molecular formula is C20H22N4. The lowest BCUT2D eigenvalue weighted by Crippen LogP contribution is -2.04. The van der Waals surface area contributed by atoms with E-state index in [1.54, 1.807) is 6.20 Å². The maximum absolute atomic E-state index is 4.52. The van der Waals surface area contributed by atoms with Crippen LogP contribution in [-0.2, 0) is 6.54 Å². The average Bonchev–Trinajstić information content (AvgIpc) is 2.57. The number of hydrogen-bond acceptors (Lipinski definition) is 4. The normalized spacial score (nSPS) is 10.5. The first kappa shape index (κ1) is 16.0. The molecule has 0 saturated heterocycles. The van der Waals surface area contributed by atoms with Crippen molar-refractivity contribution >= 4 is 17.5 Å². The third-order valence-corrected chi connectivity index (χ3v) is 3.97. The minimum Gasteiger partial charge on any atom is -0.366 e. The van der Waals surface area contributed by atoms with Crippen molar-refractivity contribution in [1.82, 2.24) is 9.97 Å². The molecular weight excluding hydrogens is 296 g/mol. The first-order valence-electron chi connectivity index (χ1n) is 8.07. The van der Waals surface area contributed by atoms with Gasteiger partial charge in [-0.25, -0.2) is 4.98 Å². The lowest BCUT2D eigenvalue weighted by atomic mass is 10.1. The van der Waals surface area contributed by atoms with Crippen molar-refractivity contribution in [2.75, 3.05) is 10.6 Å². The van der Waals surface area contributed by atoms with Crippen LogP contribution in [0.25, 0.3) is 0 Å². The van der Waals surface area contributed by atoms with Crippen molar-refractivity contribution < 1.29 is 0 Å². The van der Waals surface area contributed by atoms with Gasteiger partial charge in [0.15, 0.2) is 0 Å². The molecule has 0 amide bonds. The number of nitrogens with one attached hydrogen (secondary N) is 2. The summed E-state index contributed by atoms with van der Waals surface area (Å²) in [7, 11) is 0. The van der Waals surface area contributed by atoms with Crippen molar-refractivity contribution in [2.24, 2.45) is 0 Å². The second kappa shape index (κ2) is 7.13. The van der Waals surface area contributed by atoms with Crippen LogP contribution in [-0.4, -0.2) is 9.97 Å². The van der Waals surface area contributed by atoms with Gasteiger partial charge in [-0.15, -0.1) is 0 Å². The van der Waals surface area contributed by atoms with E-state index < -0.39 is 0 Å². The highest BCUT2D eigenvalue weighted by atomic mass is 15.1. The van der Waals surface area contributed by atoms with Gasteiger partial charge in [0.1, 0.15) is 5.82 Å². The van der Waals surface area contributed by atoms with Crippen LogP contribution < -0.4 is 10.6 Å². The summed E-state index contributed by atoms with van der Waals surface area (Å²) in [5.74, 6) is 1.39. The second-order valence-electron chi connectivity index (χ2n) is 6.03. The molecule has 3 rings (SSSR count). The van der Waals surface area contributed by atoms with Crippen LogP contribution in [0.5, 0.6) is 0 Å². The number of anilines is 3. The summed E-state index contributed by atoms with van der Waals surface area (Å²) < 4.78 is 0. The predicted octanol–water partition coefficient (Wildman–Crippen LogP) is 4.76. The Hall–Kier alpha value is -2.88. The smallest absolute Gasteiger partial charge is 0.229 e. The van der Waals surface area contributed by atoms with E-state index in [0.29, 0.717) is 5.95 Å². The number of hydrogen-bond donors (Lipinski definition) is 2. The molecule has 0 spiro atoms. The number of aryl methyl sites for hydroxylation is 3. The van der Waals surface area contributed by atoms with E-state index in [1.807, 2.05) is 12.1 Å². The van der Waals surface area contributed by atoms with Gasteiger partial charge in [0, 0.05) is 18.4 Å². The maximum Gasteiger partial charge on any atom is 0.229 e. The first-order valence-corrected chi connectivity index (χ1v) is 8.07. The van der Waals surface area contributed by atoms with E-state index in [0.717, 1.165) is 18.1 Å². The van der Waals surface area contributed by atoms with Crippen LogP contribution in [0.4, 0.5) is 17.5 Å². The molecule has 3 aromatic rings. The average molecular weight is 318 g/mol. The van der Waals surface area contributed by atoms with Crippen LogP contribution in [0.15, 0.2) is 54.7 Å². The molecule has 4 nitrogen and oxygen atoms in total. The van der Waals surface area contributed by atoms with Gasteiger partial charge in [0.25, 0.3) is 0 Å². The van der Waals surface area contributed by atoms with Gasteiger partial charge in [0.05, 0.1) is 0 Å². The zero-order valence-corrected chi connectivity index (χ0v) is 14.3. The van der Waals surface area contributed by atoms with E-state index in [2.05, 4.69) is 77.8 Å². The van der Waals surface area contributed by atoms with E-state index >= 15 is 0 Å². The lowest BCUT2D eigenvalue weighted by Gasteiger charge is -2.10. The molecule has 0 unspecified atom stereocenters. The second-order valence-corrected chi connectivity index (χ2v) is 6.03. The number of rotatable bonds is 5. The van der Waals surface area contributed by atoms with Crippen LogP contribution in [0.2, 0.25) is 0 Å². The minimum absolute atomic E-state index is 0.590. The van der Waals surface area contributed by atoms with Gasteiger partial charge in [-0.2, -0.15) is 4.98 Å². The van der Waals surface area contributed by atoms with Crippen LogP contribution >= 0.6 is 0 Å². The monoisotopic (exact) mass is 318 g/mol. The molecule has 1 aromatic heterocycles. The fourth-order valence-electron chi connectivity index (χ4n) is 2.48. The highest BCUT2D eigenvalue weighted by Gasteiger charge is 2.02. The number of benzene rings is 2. The Balaban J connectivity index is 1.68. The number of aromatic nitrogens is 2. The van der Waals surface area contributed by atoms with Crippen molar-refractivity contribution in [2.45, 2.75) is 27.3 Å². The molecule has 0 saturated carbocycles. The number of nitrogens with zero attached hydrogens (tertiary/aromatic N) is 2. The molecule has 1 heterocycles. The maximum atomic E-state index is 4.52. The predicted molar refractivity (Wildman–Crippen MR) is 99.7 cm³/mol. The fraction of sp³-hybridized carbons (Fsp3) is 0.200. The molecule has 4 heteroatoms. The van der Waals surface area contributed by atoms with Crippen LogP contribution in [0.1, 0.15) is 22.3 Å². The van der Waals surface area contributed by atoms with Gasteiger partial charge < -0.3 is 10.6 Å². The highest BCUT2D eigenvalue weighted by molar-refractivity contribution is 5.56. The Labute approximate surface area is 143 Å². The molecule has 0 bridgehead atoms. The topological polar surface area (TPSA) is 49.8 Å². The molecule has 0 radical (unpaired) electrons. The van der Waals surface area contributed by atoms with Gasteiger partial charge in [0.2, 0.25) is 5.95 Å². The van der Waals surface area contributed by atoms with Crippen LogP contribution in [0, 0.1) is 20.8 Å². The summed E-state index contributed by atoms with van der Waals surface area (Å²) in [5.41, 5.74) is 6.00. The molecule has 0 aliphatic carbocycles. The van der Waals surface area contributed by atoms with Gasteiger partial charge in [-0.05, 0) is 55.7 Å². The zero-order chi connectivity index (χ0) is 16.9. The largest absolute Gasteiger partial charge is 0.366 e. The Morgan fingerprint density at radius 3 is 2.58 bits per heavy atom. The summed E-state index contributed by atoms with van der Waals surface area (Å²) in [6, 6.07) is 16.6. The van der Waals surface area contributed by atoms with Gasteiger partial charge in [-0.1, -0.05) is 35.9 Å². The third-order valence-electron chi connectivity index (χ3n) is 3.97. The third kappa shape index (κ3) is 4.10. The summed E-state index contributed by atoms with van der Waals surface area (Å²) in [4.78, 5) is 8.82. The minimum atomic E-state index is 0.590. The molecule has 122 valence electrons. The Kier molecular flexibility index (Phi) is 4.75. The van der Waals surface area contributed by atoms with Gasteiger partial charge in [-0.3, -0.25) is 0 Å². The molecule has 2 aromatic carbocycles. The highest BCUT2D eigenvalue weighted by Crippen LogP contribution is 2.18. The standard InChI is InChI=1S/C20H22N4/c1-14-5-4-6-17(11-14)13-22-19-9-10-21-20(24-19)23-18-8-7-15(2)16(3)12-18/h4-12H,13H2,1-3H3,(H2,21,22,23,24). The SMILES string of the molecule is Cc1cccc(CNc2ccnc(Nc3ccc(C)c(C)c3)n2)c1. The van der Waals surface area contributed by atoms with Crippen molar-refractivity contribution in [1.29, 1.82) is 0 Å². The molecule has 0 fully saturated rings. The molecule has 0 aliphatic rings.